The summed E-state index contributed by atoms with van der Waals surface area (Å²) in [4.78, 5) is 23.3. The maximum absolute atomic E-state index is 12.0. The number of hydrogen-bond donors (Lipinski definition) is 2. The van der Waals surface area contributed by atoms with E-state index >= 15 is 0 Å². The van der Waals surface area contributed by atoms with Crippen molar-refractivity contribution in [3.63, 3.8) is 0 Å². The third-order valence-electron chi connectivity index (χ3n) is 3.58. The zero-order valence-corrected chi connectivity index (χ0v) is 14.2. The van der Waals surface area contributed by atoms with Gasteiger partial charge in [0.05, 0.1) is 6.42 Å². The fourth-order valence-corrected chi connectivity index (χ4v) is 2.18. The Morgan fingerprint density at radius 3 is 2.38 bits per heavy atom. The van der Waals surface area contributed by atoms with E-state index in [9.17, 15) is 9.59 Å². The van der Waals surface area contributed by atoms with Crippen LogP contribution in [0.5, 0.6) is 5.75 Å². The minimum atomic E-state index is -0.227. The van der Waals surface area contributed by atoms with Crippen LogP contribution in [0.1, 0.15) is 16.7 Å². The van der Waals surface area contributed by atoms with Crippen LogP contribution in [-0.2, 0) is 16.0 Å². The van der Waals surface area contributed by atoms with Crippen LogP contribution in [-0.4, -0.2) is 25.5 Å². The fraction of sp³-hybridized carbons (Fsp3) is 0.263. The third-order valence-corrected chi connectivity index (χ3v) is 3.58. The molecular formula is C19H22N2O3. The summed E-state index contributed by atoms with van der Waals surface area (Å²) in [5.74, 6) is 0.440. The van der Waals surface area contributed by atoms with Gasteiger partial charge in [0.2, 0.25) is 5.91 Å². The standard InChI is InChI=1S/C19H22N2O3/c1-13-4-5-14(2)17(10-13)24-12-19(23)21-16-8-6-15(7-9-16)11-18(22)20-3/h4-10H,11-12H2,1-3H3,(H,20,22)(H,21,23). The molecule has 0 atom stereocenters. The molecule has 0 aromatic heterocycles. The zero-order valence-electron chi connectivity index (χ0n) is 14.2. The molecule has 0 heterocycles. The summed E-state index contributed by atoms with van der Waals surface area (Å²) in [7, 11) is 1.60. The SMILES string of the molecule is CNC(=O)Cc1ccc(NC(=O)COc2cc(C)ccc2C)cc1. The number of carbonyl (C=O) groups is 2. The second-order valence-electron chi connectivity index (χ2n) is 5.65. The molecule has 2 aromatic carbocycles. The van der Waals surface area contributed by atoms with Crippen molar-refractivity contribution < 1.29 is 14.3 Å². The topological polar surface area (TPSA) is 67.4 Å². The average molecular weight is 326 g/mol. The number of hydrogen-bond acceptors (Lipinski definition) is 3. The van der Waals surface area contributed by atoms with Crippen LogP contribution in [0.3, 0.4) is 0 Å². The highest BCUT2D eigenvalue weighted by atomic mass is 16.5. The highest BCUT2D eigenvalue weighted by Gasteiger charge is 2.07. The maximum Gasteiger partial charge on any atom is 0.262 e. The van der Waals surface area contributed by atoms with E-state index in [0.29, 0.717) is 17.9 Å². The van der Waals surface area contributed by atoms with Gasteiger partial charge < -0.3 is 15.4 Å². The van der Waals surface area contributed by atoms with E-state index in [1.165, 1.54) is 0 Å². The molecule has 2 N–H and O–H groups in total. The molecule has 0 radical (unpaired) electrons. The van der Waals surface area contributed by atoms with Crippen LogP contribution in [0.15, 0.2) is 42.5 Å². The van der Waals surface area contributed by atoms with Gasteiger partial charge in [-0.05, 0) is 48.7 Å². The summed E-state index contributed by atoms with van der Waals surface area (Å²) >= 11 is 0. The van der Waals surface area contributed by atoms with Crippen LogP contribution >= 0.6 is 0 Å². The van der Waals surface area contributed by atoms with Crippen molar-refractivity contribution >= 4 is 17.5 Å². The van der Waals surface area contributed by atoms with Crippen molar-refractivity contribution in [1.29, 1.82) is 0 Å². The van der Waals surface area contributed by atoms with Crippen LogP contribution in [0.4, 0.5) is 5.69 Å². The van der Waals surface area contributed by atoms with Crippen molar-refractivity contribution in [3.8, 4) is 5.75 Å². The van der Waals surface area contributed by atoms with E-state index in [1.807, 2.05) is 44.2 Å². The largest absolute Gasteiger partial charge is 0.483 e. The van der Waals surface area contributed by atoms with Gasteiger partial charge in [0.15, 0.2) is 6.61 Å². The van der Waals surface area contributed by atoms with Crippen LogP contribution in [0.2, 0.25) is 0 Å². The molecule has 126 valence electrons. The smallest absolute Gasteiger partial charge is 0.262 e. The lowest BCUT2D eigenvalue weighted by Crippen LogP contribution is -2.21. The molecule has 0 aliphatic heterocycles. The highest BCUT2D eigenvalue weighted by molar-refractivity contribution is 5.92. The molecule has 0 saturated heterocycles. The number of anilines is 1. The van der Waals surface area contributed by atoms with E-state index < -0.39 is 0 Å². The van der Waals surface area contributed by atoms with Crippen molar-refractivity contribution in [2.75, 3.05) is 19.0 Å². The second kappa shape index (κ2) is 8.15. The number of likely N-dealkylation sites (N-methyl/N-ethyl adjacent to an activating group) is 1. The second-order valence-corrected chi connectivity index (χ2v) is 5.65. The highest BCUT2D eigenvalue weighted by Crippen LogP contribution is 2.19. The summed E-state index contributed by atoms with van der Waals surface area (Å²) in [6, 6.07) is 13.1. The molecule has 0 aliphatic carbocycles. The van der Waals surface area contributed by atoms with E-state index in [4.69, 9.17) is 4.74 Å². The minimum absolute atomic E-state index is 0.0475. The lowest BCUT2D eigenvalue weighted by Gasteiger charge is -2.10. The maximum atomic E-state index is 12.0. The summed E-state index contributed by atoms with van der Waals surface area (Å²) in [6.07, 6.45) is 0.320. The minimum Gasteiger partial charge on any atom is -0.483 e. The Bertz CT molecular complexity index is 724. The van der Waals surface area contributed by atoms with E-state index in [0.717, 1.165) is 16.7 Å². The molecule has 0 fully saturated rings. The van der Waals surface area contributed by atoms with Gasteiger partial charge in [-0.1, -0.05) is 24.3 Å². The number of amides is 2. The van der Waals surface area contributed by atoms with Gasteiger partial charge in [-0.15, -0.1) is 0 Å². The van der Waals surface area contributed by atoms with Gasteiger partial charge in [-0.25, -0.2) is 0 Å². The Balaban J connectivity index is 1.88. The first-order valence-corrected chi connectivity index (χ1v) is 7.77. The Labute approximate surface area is 142 Å². The third kappa shape index (κ3) is 5.12. The number of aryl methyl sites for hydroxylation is 2. The Morgan fingerprint density at radius 1 is 1.00 bits per heavy atom. The molecule has 0 bridgehead atoms. The molecule has 5 heteroatoms. The first-order valence-electron chi connectivity index (χ1n) is 7.77. The molecule has 2 rings (SSSR count). The van der Waals surface area contributed by atoms with Gasteiger partial charge in [0.25, 0.3) is 5.91 Å². The van der Waals surface area contributed by atoms with Crippen LogP contribution < -0.4 is 15.4 Å². The van der Waals surface area contributed by atoms with Gasteiger partial charge in [-0.2, -0.15) is 0 Å². The predicted octanol–water partition coefficient (Wildman–Crippen LogP) is 2.61. The van der Waals surface area contributed by atoms with Gasteiger partial charge >= 0.3 is 0 Å². The summed E-state index contributed by atoms with van der Waals surface area (Å²) in [5.41, 5.74) is 3.64. The van der Waals surface area contributed by atoms with Gasteiger partial charge in [-0.3, -0.25) is 9.59 Å². The number of ether oxygens (including phenoxy) is 1. The molecule has 0 aliphatic rings. The van der Waals surface area contributed by atoms with Crippen molar-refractivity contribution in [2.24, 2.45) is 0 Å². The van der Waals surface area contributed by atoms with Crippen molar-refractivity contribution in [2.45, 2.75) is 20.3 Å². The normalized spacial score (nSPS) is 10.1. The van der Waals surface area contributed by atoms with Crippen molar-refractivity contribution in [3.05, 3.63) is 59.2 Å². The van der Waals surface area contributed by atoms with E-state index in [-0.39, 0.29) is 18.4 Å². The number of rotatable bonds is 6. The molecule has 2 aromatic rings. The number of benzene rings is 2. The molecule has 0 unspecified atom stereocenters. The lowest BCUT2D eigenvalue weighted by atomic mass is 10.1. The Kier molecular flexibility index (Phi) is 5.95. The Hall–Kier alpha value is -2.82. The van der Waals surface area contributed by atoms with E-state index in [2.05, 4.69) is 10.6 Å². The fourth-order valence-electron chi connectivity index (χ4n) is 2.18. The predicted molar refractivity (Wildman–Crippen MR) is 94.3 cm³/mol. The first-order chi connectivity index (χ1) is 11.5. The molecule has 24 heavy (non-hydrogen) atoms. The van der Waals surface area contributed by atoms with Gasteiger partial charge in [0, 0.05) is 12.7 Å². The summed E-state index contributed by atoms with van der Waals surface area (Å²) < 4.78 is 5.58. The quantitative estimate of drug-likeness (QED) is 0.857. The average Bonchev–Trinajstić information content (AvgIpc) is 2.57. The van der Waals surface area contributed by atoms with Crippen LogP contribution in [0, 0.1) is 13.8 Å². The van der Waals surface area contributed by atoms with Crippen LogP contribution in [0.25, 0.3) is 0 Å². The lowest BCUT2D eigenvalue weighted by molar-refractivity contribution is -0.120. The molecular weight excluding hydrogens is 304 g/mol. The zero-order chi connectivity index (χ0) is 17.5. The molecule has 2 amide bonds. The van der Waals surface area contributed by atoms with Gasteiger partial charge in [0.1, 0.15) is 5.75 Å². The summed E-state index contributed by atoms with van der Waals surface area (Å²) in [5, 5.41) is 5.35. The van der Waals surface area contributed by atoms with Crippen molar-refractivity contribution in [1.82, 2.24) is 5.32 Å². The first kappa shape index (κ1) is 17.5. The number of nitrogens with one attached hydrogen (secondary N) is 2. The molecule has 0 spiro atoms. The molecule has 0 saturated carbocycles. The molecule has 5 nitrogen and oxygen atoms in total. The summed E-state index contributed by atoms with van der Waals surface area (Å²) in [6.45, 7) is 3.87. The Morgan fingerprint density at radius 2 is 1.71 bits per heavy atom. The van der Waals surface area contributed by atoms with E-state index in [1.54, 1.807) is 19.2 Å². The monoisotopic (exact) mass is 326 g/mol. The number of carbonyl (C=O) groups excluding carboxylic acids is 2.